The number of carbonyl (C=O) groups is 1. The number of hydrogen-bond acceptors (Lipinski definition) is 5. The molecule has 1 N–H and O–H groups in total. The van der Waals surface area contributed by atoms with E-state index in [-0.39, 0.29) is 11.7 Å². The van der Waals surface area contributed by atoms with Gasteiger partial charge >= 0.3 is 0 Å². The Bertz CT molecular complexity index is 855. The van der Waals surface area contributed by atoms with Gasteiger partial charge in [-0.15, -0.1) is 22.7 Å². The van der Waals surface area contributed by atoms with E-state index in [1.165, 1.54) is 16.9 Å². The lowest BCUT2D eigenvalue weighted by Gasteiger charge is -2.03. The number of aryl methyl sites for hydroxylation is 1. The Morgan fingerprint density at radius 1 is 1.20 bits per heavy atom. The van der Waals surface area contributed by atoms with E-state index >= 15 is 0 Å². The first kappa shape index (κ1) is 18.0. The fourth-order valence-corrected chi connectivity index (χ4v) is 4.76. The van der Waals surface area contributed by atoms with Crippen LogP contribution in [0, 0.1) is 6.92 Å². The normalized spacial score (nSPS) is 12.0. The van der Waals surface area contributed by atoms with Gasteiger partial charge in [-0.25, -0.2) is 4.98 Å². The fourth-order valence-electron chi connectivity index (χ4n) is 2.21. The summed E-state index contributed by atoms with van der Waals surface area (Å²) in [5.41, 5.74) is 3.03. The molecule has 7 heteroatoms. The van der Waals surface area contributed by atoms with Gasteiger partial charge in [0.2, 0.25) is 5.91 Å². The van der Waals surface area contributed by atoms with Gasteiger partial charge in [0.25, 0.3) is 0 Å². The average molecular weight is 391 g/mol. The van der Waals surface area contributed by atoms with Crippen LogP contribution in [-0.4, -0.2) is 20.9 Å². The second-order valence-corrected chi connectivity index (χ2v) is 8.94. The molecular formula is C18H18N2O2S3. The van der Waals surface area contributed by atoms with Crippen molar-refractivity contribution in [3.05, 3.63) is 63.3 Å². The third kappa shape index (κ3) is 5.32. The molecule has 2 aromatic heterocycles. The van der Waals surface area contributed by atoms with E-state index in [4.69, 9.17) is 0 Å². The van der Waals surface area contributed by atoms with Crippen LogP contribution < -0.4 is 5.32 Å². The van der Waals surface area contributed by atoms with Crippen molar-refractivity contribution in [2.75, 3.05) is 5.75 Å². The molecule has 4 nitrogen and oxygen atoms in total. The molecule has 0 aliphatic rings. The maximum Gasteiger partial charge on any atom is 0.232 e. The zero-order valence-corrected chi connectivity index (χ0v) is 16.2. The summed E-state index contributed by atoms with van der Waals surface area (Å²) in [6.07, 6.45) is 0. The van der Waals surface area contributed by atoms with Gasteiger partial charge < -0.3 is 5.32 Å². The molecule has 1 aromatic carbocycles. The first-order chi connectivity index (χ1) is 12.1. The summed E-state index contributed by atoms with van der Waals surface area (Å²) in [5, 5.41) is 7.59. The third-order valence-corrected chi connectivity index (χ3v) is 6.51. The monoisotopic (exact) mass is 390 g/mol. The van der Waals surface area contributed by atoms with E-state index in [0.29, 0.717) is 12.3 Å². The Balaban J connectivity index is 1.51. The molecule has 2 heterocycles. The minimum Gasteiger partial charge on any atom is -0.350 e. The van der Waals surface area contributed by atoms with Crippen molar-refractivity contribution in [1.29, 1.82) is 0 Å². The van der Waals surface area contributed by atoms with Crippen molar-refractivity contribution < 1.29 is 9.00 Å². The lowest BCUT2D eigenvalue weighted by atomic mass is 10.2. The summed E-state index contributed by atoms with van der Waals surface area (Å²) in [5.74, 6) is 0.109. The lowest BCUT2D eigenvalue weighted by molar-refractivity contribution is -0.118. The number of benzene rings is 1. The van der Waals surface area contributed by atoms with Gasteiger partial charge in [-0.1, -0.05) is 35.9 Å². The van der Waals surface area contributed by atoms with Gasteiger partial charge in [-0.3, -0.25) is 9.00 Å². The van der Waals surface area contributed by atoms with Crippen LogP contribution in [-0.2, 0) is 27.9 Å². The summed E-state index contributed by atoms with van der Waals surface area (Å²) in [4.78, 5) is 17.5. The molecule has 3 aromatic rings. The van der Waals surface area contributed by atoms with Crippen LogP contribution in [0.1, 0.15) is 16.1 Å². The van der Waals surface area contributed by atoms with Gasteiger partial charge in [-0.2, -0.15) is 0 Å². The number of thiophene rings is 1. The van der Waals surface area contributed by atoms with E-state index in [9.17, 15) is 9.00 Å². The molecule has 0 aliphatic carbocycles. The molecular weight excluding hydrogens is 372 g/mol. The van der Waals surface area contributed by atoms with Crippen LogP contribution in [0.4, 0.5) is 0 Å². The van der Waals surface area contributed by atoms with Crippen LogP contribution in [0.2, 0.25) is 0 Å². The van der Waals surface area contributed by atoms with Crippen LogP contribution in [0.5, 0.6) is 0 Å². The zero-order chi connectivity index (χ0) is 17.6. The Kier molecular flexibility index (Phi) is 6.12. The SMILES string of the molecule is Cc1ccc(-c2nc(CS(=O)CC(=O)NCc3cccs3)cs2)cc1. The van der Waals surface area contributed by atoms with E-state index in [0.717, 1.165) is 21.1 Å². The summed E-state index contributed by atoms with van der Waals surface area (Å²) in [6, 6.07) is 12.1. The number of aromatic nitrogens is 1. The standard InChI is InChI=1S/C18H18N2O2S3/c1-13-4-6-14(7-5-13)18-20-15(10-24-18)11-25(22)12-17(21)19-9-16-3-2-8-23-16/h2-8,10H,9,11-12H2,1H3,(H,19,21). The van der Waals surface area contributed by atoms with E-state index in [1.54, 1.807) is 11.3 Å². The number of hydrogen-bond donors (Lipinski definition) is 1. The van der Waals surface area contributed by atoms with E-state index in [1.807, 2.05) is 54.1 Å². The lowest BCUT2D eigenvalue weighted by Crippen LogP contribution is -2.27. The van der Waals surface area contributed by atoms with Crippen molar-refractivity contribution in [1.82, 2.24) is 10.3 Å². The molecule has 0 radical (unpaired) electrons. The van der Waals surface area contributed by atoms with Crippen molar-refractivity contribution in [3.63, 3.8) is 0 Å². The molecule has 25 heavy (non-hydrogen) atoms. The average Bonchev–Trinajstić information content (AvgIpc) is 3.25. The number of nitrogens with zero attached hydrogens (tertiary/aromatic N) is 1. The predicted octanol–water partition coefficient (Wildman–Crippen LogP) is 3.75. The van der Waals surface area contributed by atoms with Gasteiger partial charge in [0.15, 0.2) is 0 Å². The largest absolute Gasteiger partial charge is 0.350 e. The van der Waals surface area contributed by atoms with Crippen LogP contribution >= 0.6 is 22.7 Å². The molecule has 0 fully saturated rings. The Morgan fingerprint density at radius 3 is 2.72 bits per heavy atom. The molecule has 0 saturated carbocycles. The Labute approximate surface area is 157 Å². The van der Waals surface area contributed by atoms with Gasteiger partial charge in [0, 0.05) is 26.6 Å². The predicted molar refractivity (Wildman–Crippen MR) is 105 cm³/mol. The second kappa shape index (κ2) is 8.51. The molecule has 0 bridgehead atoms. The topological polar surface area (TPSA) is 59.1 Å². The number of amides is 1. The number of carbonyl (C=O) groups excluding carboxylic acids is 1. The third-order valence-electron chi connectivity index (χ3n) is 3.49. The number of nitrogens with one attached hydrogen (secondary N) is 1. The highest BCUT2D eigenvalue weighted by atomic mass is 32.2. The Hall–Kier alpha value is -1.83. The van der Waals surface area contributed by atoms with Crippen molar-refractivity contribution in [2.45, 2.75) is 19.2 Å². The molecule has 0 saturated heterocycles. The van der Waals surface area contributed by atoms with Gasteiger partial charge in [-0.05, 0) is 18.4 Å². The van der Waals surface area contributed by atoms with Crippen molar-refractivity contribution >= 4 is 39.4 Å². The highest BCUT2D eigenvalue weighted by Gasteiger charge is 2.12. The van der Waals surface area contributed by atoms with Crippen LogP contribution in [0.15, 0.2) is 47.2 Å². The number of rotatable bonds is 7. The second-order valence-electron chi connectivity index (χ2n) is 5.59. The summed E-state index contributed by atoms with van der Waals surface area (Å²) in [6.45, 7) is 2.53. The van der Waals surface area contributed by atoms with E-state index < -0.39 is 10.8 Å². The molecule has 1 amide bonds. The minimum absolute atomic E-state index is 0.00274. The quantitative estimate of drug-likeness (QED) is 0.668. The molecule has 1 atom stereocenters. The van der Waals surface area contributed by atoms with Crippen LogP contribution in [0.3, 0.4) is 0 Å². The van der Waals surface area contributed by atoms with Crippen LogP contribution in [0.25, 0.3) is 10.6 Å². The van der Waals surface area contributed by atoms with Gasteiger partial charge in [0.05, 0.1) is 18.0 Å². The molecule has 0 aliphatic heterocycles. The van der Waals surface area contributed by atoms with E-state index in [2.05, 4.69) is 10.3 Å². The maximum absolute atomic E-state index is 12.2. The minimum atomic E-state index is -1.26. The number of thiazole rings is 1. The molecule has 130 valence electrons. The zero-order valence-electron chi connectivity index (χ0n) is 13.7. The highest BCUT2D eigenvalue weighted by Crippen LogP contribution is 2.24. The molecule has 1 unspecified atom stereocenters. The summed E-state index contributed by atoms with van der Waals surface area (Å²) in [7, 11) is -1.26. The molecule has 3 rings (SSSR count). The summed E-state index contributed by atoms with van der Waals surface area (Å²) >= 11 is 3.12. The van der Waals surface area contributed by atoms with Crippen molar-refractivity contribution in [3.8, 4) is 10.6 Å². The fraction of sp³-hybridized carbons (Fsp3) is 0.222. The highest BCUT2D eigenvalue weighted by molar-refractivity contribution is 7.84. The smallest absolute Gasteiger partial charge is 0.232 e. The summed E-state index contributed by atoms with van der Waals surface area (Å²) < 4.78 is 12.2. The Morgan fingerprint density at radius 2 is 2.00 bits per heavy atom. The first-order valence-electron chi connectivity index (χ1n) is 7.75. The first-order valence-corrected chi connectivity index (χ1v) is 11.0. The van der Waals surface area contributed by atoms with Crippen molar-refractivity contribution in [2.24, 2.45) is 0 Å². The maximum atomic E-state index is 12.2. The van der Waals surface area contributed by atoms with Gasteiger partial charge in [0.1, 0.15) is 10.8 Å². The molecule has 0 spiro atoms.